The minimum Gasteiger partial charge on any atom is -0.494 e. The summed E-state index contributed by atoms with van der Waals surface area (Å²) in [5.41, 5.74) is 2.43. The molecule has 7 nitrogen and oxygen atoms in total. The lowest BCUT2D eigenvalue weighted by atomic mass is 9.97. The SMILES string of the molecule is COc1cnc(C(F)F)cc1-c1cc(-c2ccc(C)cc2)ncc1C(=O)NC(=N)SC(=N)C#CC1CC1. The fourth-order valence-corrected chi connectivity index (χ4v) is 3.87. The topological polar surface area (TPSA) is 112 Å². The zero-order valence-electron chi connectivity index (χ0n) is 20.1. The second-order valence-corrected chi connectivity index (χ2v) is 9.37. The van der Waals surface area contributed by atoms with Gasteiger partial charge in [0.2, 0.25) is 0 Å². The van der Waals surface area contributed by atoms with E-state index in [1.54, 1.807) is 6.07 Å². The summed E-state index contributed by atoms with van der Waals surface area (Å²) in [5, 5.41) is 18.1. The number of thioether (sulfide) groups is 1. The quantitative estimate of drug-likeness (QED) is 0.222. The monoisotopic (exact) mass is 519 g/mol. The Labute approximate surface area is 217 Å². The number of ether oxygens (including phenoxy) is 1. The lowest BCUT2D eigenvalue weighted by Gasteiger charge is -2.15. The molecule has 1 amide bonds. The first-order valence-corrected chi connectivity index (χ1v) is 12.1. The van der Waals surface area contributed by atoms with E-state index >= 15 is 0 Å². The number of amides is 1. The molecule has 10 heteroatoms. The third-order valence-corrected chi connectivity index (χ3v) is 6.13. The van der Waals surface area contributed by atoms with Crippen LogP contribution >= 0.6 is 11.8 Å². The van der Waals surface area contributed by atoms with Crippen LogP contribution in [0, 0.1) is 35.5 Å². The number of benzene rings is 1. The fourth-order valence-electron chi connectivity index (χ4n) is 3.41. The third kappa shape index (κ3) is 6.57. The highest BCUT2D eigenvalue weighted by Crippen LogP contribution is 2.36. The number of aryl methyl sites for hydroxylation is 1. The van der Waals surface area contributed by atoms with Crippen molar-refractivity contribution in [2.24, 2.45) is 5.92 Å². The predicted octanol–water partition coefficient (Wildman–Crippen LogP) is 5.85. The molecule has 0 bridgehead atoms. The molecule has 0 unspecified atom stereocenters. The molecule has 2 heterocycles. The average Bonchev–Trinajstić information content (AvgIpc) is 3.71. The Hall–Kier alpha value is -4.10. The number of hydrogen-bond acceptors (Lipinski definition) is 7. The summed E-state index contributed by atoms with van der Waals surface area (Å²) in [6.45, 7) is 1.95. The van der Waals surface area contributed by atoms with Crippen LogP contribution in [0.4, 0.5) is 8.78 Å². The molecule has 3 aromatic rings. The third-order valence-electron chi connectivity index (χ3n) is 5.52. The average molecular weight is 520 g/mol. The molecule has 0 spiro atoms. The van der Waals surface area contributed by atoms with E-state index in [0.29, 0.717) is 23.4 Å². The number of nitrogens with zero attached hydrogens (tertiary/aromatic N) is 2. The highest BCUT2D eigenvalue weighted by atomic mass is 32.2. The van der Waals surface area contributed by atoms with Gasteiger partial charge in [-0.15, -0.1) is 0 Å². The van der Waals surface area contributed by atoms with Crippen LogP contribution in [0.3, 0.4) is 0 Å². The molecule has 1 saturated carbocycles. The number of carbonyl (C=O) groups is 1. The maximum absolute atomic E-state index is 13.5. The number of methoxy groups -OCH3 is 1. The first-order valence-electron chi connectivity index (χ1n) is 11.3. The van der Waals surface area contributed by atoms with E-state index in [4.69, 9.17) is 15.6 Å². The van der Waals surface area contributed by atoms with Crippen molar-refractivity contribution in [2.45, 2.75) is 26.2 Å². The van der Waals surface area contributed by atoms with Gasteiger partial charge in [-0.05, 0) is 49.6 Å². The normalized spacial score (nSPS) is 12.5. The van der Waals surface area contributed by atoms with Crippen LogP contribution in [0.25, 0.3) is 22.4 Å². The van der Waals surface area contributed by atoms with Crippen molar-refractivity contribution in [2.75, 3.05) is 7.11 Å². The summed E-state index contributed by atoms with van der Waals surface area (Å²) >= 11 is 0.716. The molecule has 0 aliphatic heterocycles. The van der Waals surface area contributed by atoms with Gasteiger partial charge in [0, 0.05) is 28.8 Å². The Morgan fingerprint density at radius 1 is 1.14 bits per heavy atom. The summed E-state index contributed by atoms with van der Waals surface area (Å²) < 4.78 is 32.4. The van der Waals surface area contributed by atoms with Crippen LogP contribution in [0.1, 0.15) is 40.9 Å². The Morgan fingerprint density at radius 3 is 2.51 bits per heavy atom. The Bertz CT molecular complexity index is 1430. The molecule has 1 aliphatic carbocycles. The zero-order chi connectivity index (χ0) is 26.5. The molecule has 4 rings (SSSR count). The second kappa shape index (κ2) is 11.3. The maximum atomic E-state index is 13.5. The van der Waals surface area contributed by atoms with Gasteiger partial charge in [-0.3, -0.25) is 25.6 Å². The molecule has 188 valence electrons. The van der Waals surface area contributed by atoms with Crippen molar-refractivity contribution in [3.8, 4) is 40.0 Å². The van der Waals surface area contributed by atoms with Crippen molar-refractivity contribution in [3.63, 3.8) is 0 Å². The number of amidine groups is 1. The summed E-state index contributed by atoms with van der Waals surface area (Å²) in [6.07, 6.45) is 1.71. The number of nitrogens with one attached hydrogen (secondary N) is 3. The van der Waals surface area contributed by atoms with Gasteiger partial charge in [-0.1, -0.05) is 35.7 Å². The van der Waals surface area contributed by atoms with Gasteiger partial charge < -0.3 is 10.1 Å². The summed E-state index contributed by atoms with van der Waals surface area (Å²) in [4.78, 5) is 21.4. The molecule has 2 aromatic heterocycles. The van der Waals surface area contributed by atoms with Gasteiger partial charge in [0.15, 0.2) is 5.17 Å². The van der Waals surface area contributed by atoms with Crippen molar-refractivity contribution >= 4 is 27.9 Å². The molecule has 0 saturated heterocycles. The highest BCUT2D eigenvalue weighted by Gasteiger charge is 2.22. The highest BCUT2D eigenvalue weighted by molar-refractivity contribution is 8.26. The van der Waals surface area contributed by atoms with Gasteiger partial charge in [-0.25, -0.2) is 8.78 Å². The first-order chi connectivity index (χ1) is 17.7. The Balaban J connectivity index is 1.71. The second-order valence-electron chi connectivity index (χ2n) is 8.35. The van der Waals surface area contributed by atoms with Gasteiger partial charge in [0.25, 0.3) is 12.3 Å². The van der Waals surface area contributed by atoms with E-state index in [2.05, 4.69) is 27.1 Å². The first kappa shape index (κ1) is 26.0. The van der Waals surface area contributed by atoms with Gasteiger partial charge >= 0.3 is 0 Å². The largest absolute Gasteiger partial charge is 0.494 e. The van der Waals surface area contributed by atoms with Crippen LogP contribution in [0.5, 0.6) is 5.75 Å². The lowest BCUT2D eigenvalue weighted by molar-refractivity contribution is 0.0978. The summed E-state index contributed by atoms with van der Waals surface area (Å²) in [7, 11) is 1.38. The van der Waals surface area contributed by atoms with Crippen molar-refractivity contribution < 1.29 is 18.3 Å². The summed E-state index contributed by atoms with van der Waals surface area (Å²) in [5.74, 6) is 5.43. The minimum absolute atomic E-state index is 0.0431. The van der Waals surface area contributed by atoms with Gasteiger partial charge in [0.1, 0.15) is 16.5 Å². The molecule has 1 fully saturated rings. The zero-order valence-corrected chi connectivity index (χ0v) is 20.9. The van der Waals surface area contributed by atoms with E-state index in [0.717, 1.165) is 24.0 Å². The van der Waals surface area contributed by atoms with Crippen LogP contribution in [-0.4, -0.2) is 33.2 Å². The van der Waals surface area contributed by atoms with Crippen LogP contribution < -0.4 is 10.1 Å². The maximum Gasteiger partial charge on any atom is 0.280 e. The van der Waals surface area contributed by atoms with E-state index in [1.165, 1.54) is 25.6 Å². The van der Waals surface area contributed by atoms with E-state index in [-0.39, 0.29) is 32.7 Å². The Kier molecular flexibility index (Phi) is 7.94. The van der Waals surface area contributed by atoms with Crippen molar-refractivity contribution in [3.05, 3.63) is 65.6 Å². The van der Waals surface area contributed by atoms with Crippen molar-refractivity contribution in [1.82, 2.24) is 15.3 Å². The number of halogens is 2. The number of carbonyl (C=O) groups excluding carboxylic acids is 1. The Morgan fingerprint density at radius 2 is 1.86 bits per heavy atom. The number of aromatic nitrogens is 2. The standard InChI is InChI=1S/C27H23F2N5O2S/c1-15-3-8-17(9-4-15)21-11-18(19-12-22(25(28)29)33-14-23(19)36-2)20(13-32-21)26(35)34-27(31)37-24(30)10-7-16-5-6-16/h3-4,8-9,11-14,16,25,30H,5-6H2,1-2H3,(H2,31,34,35). The predicted molar refractivity (Wildman–Crippen MR) is 140 cm³/mol. The van der Waals surface area contributed by atoms with Crippen LogP contribution in [0.15, 0.2) is 48.8 Å². The molecule has 0 radical (unpaired) electrons. The number of alkyl halides is 2. The molecular formula is C27H23F2N5O2S. The number of pyridine rings is 2. The van der Waals surface area contributed by atoms with Crippen molar-refractivity contribution in [1.29, 1.82) is 10.8 Å². The minimum atomic E-state index is -2.83. The molecular weight excluding hydrogens is 496 g/mol. The van der Waals surface area contributed by atoms with E-state index < -0.39 is 18.0 Å². The molecule has 3 N–H and O–H groups in total. The number of hydrogen-bond donors (Lipinski definition) is 3. The van der Waals surface area contributed by atoms with Gasteiger partial charge in [0.05, 0.1) is 24.6 Å². The van der Waals surface area contributed by atoms with E-state index in [1.807, 2.05) is 31.2 Å². The van der Waals surface area contributed by atoms with Gasteiger partial charge in [-0.2, -0.15) is 0 Å². The smallest absolute Gasteiger partial charge is 0.280 e. The molecule has 1 aromatic carbocycles. The van der Waals surface area contributed by atoms with Crippen LogP contribution in [-0.2, 0) is 0 Å². The van der Waals surface area contributed by atoms with Crippen LogP contribution in [0.2, 0.25) is 0 Å². The molecule has 0 atom stereocenters. The number of rotatable bonds is 5. The molecule has 1 aliphatic rings. The fraction of sp³-hybridized carbons (Fsp3) is 0.222. The summed E-state index contributed by atoms with van der Waals surface area (Å²) in [6, 6.07) is 10.4. The van der Waals surface area contributed by atoms with E-state index in [9.17, 15) is 13.6 Å². The lowest BCUT2D eigenvalue weighted by Crippen LogP contribution is -2.29. The molecule has 37 heavy (non-hydrogen) atoms.